The van der Waals surface area contributed by atoms with Gasteiger partial charge in [-0.2, -0.15) is 0 Å². The Labute approximate surface area is 127 Å². The van der Waals surface area contributed by atoms with Gasteiger partial charge in [0.05, 0.1) is 6.10 Å². The zero-order valence-electron chi connectivity index (χ0n) is 13.3. The molecule has 1 aliphatic rings. The summed E-state index contributed by atoms with van der Waals surface area (Å²) in [5, 5.41) is 10.4. The van der Waals surface area contributed by atoms with Gasteiger partial charge in [-0.1, -0.05) is 36.2 Å². The third-order valence-electron chi connectivity index (χ3n) is 4.09. The molecule has 4 heteroatoms. The number of β-amino-alcohol motifs (C(OH)–C–C–N with tert-alkyl or cyclic N) is 1. The predicted molar refractivity (Wildman–Crippen MR) is 84.2 cm³/mol. The number of amides is 1. The number of carbonyl (C=O) groups excluding carboxylic acids is 1. The number of benzene rings is 1. The molecule has 1 saturated heterocycles. The molecule has 1 unspecified atom stereocenters. The molecule has 1 N–H and O–H groups in total. The van der Waals surface area contributed by atoms with Gasteiger partial charge >= 0.3 is 0 Å². The van der Waals surface area contributed by atoms with Gasteiger partial charge in [-0.15, -0.1) is 0 Å². The number of aliphatic hydroxyl groups is 1. The fourth-order valence-electron chi connectivity index (χ4n) is 2.96. The van der Waals surface area contributed by atoms with Crippen molar-refractivity contribution in [3.8, 4) is 0 Å². The molecular weight excluding hydrogens is 264 g/mol. The van der Waals surface area contributed by atoms with E-state index >= 15 is 0 Å². The standard InChI is InChI=1S/C17H26N2O2/c1-4-17(21)19-7-5-18(6-8-19)12-16(20)15-10-13(2)9-14(3)11-15/h9-11,16,20H,4-8,12H2,1-3H3. The van der Waals surface area contributed by atoms with Crippen LogP contribution in [0.4, 0.5) is 0 Å². The molecule has 1 aliphatic heterocycles. The average Bonchev–Trinajstić information content (AvgIpc) is 2.46. The second-order valence-corrected chi connectivity index (χ2v) is 5.97. The van der Waals surface area contributed by atoms with Gasteiger partial charge in [0.2, 0.25) is 5.91 Å². The molecule has 0 spiro atoms. The molecule has 1 aromatic rings. The number of rotatable bonds is 4. The molecule has 4 nitrogen and oxygen atoms in total. The summed E-state index contributed by atoms with van der Waals surface area (Å²) in [7, 11) is 0. The van der Waals surface area contributed by atoms with E-state index in [9.17, 15) is 9.90 Å². The van der Waals surface area contributed by atoms with Crippen molar-refractivity contribution in [1.82, 2.24) is 9.80 Å². The zero-order chi connectivity index (χ0) is 15.4. The van der Waals surface area contributed by atoms with Crippen LogP contribution < -0.4 is 0 Å². The van der Waals surface area contributed by atoms with Crippen LogP contribution in [0.2, 0.25) is 0 Å². The number of hydrogen-bond donors (Lipinski definition) is 1. The molecule has 0 aromatic heterocycles. The van der Waals surface area contributed by atoms with Crippen molar-refractivity contribution in [3.05, 3.63) is 34.9 Å². The highest BCUT2D eigenvalue weighted by Gasteiger charge is 2.22. The lowest BCUT2D eigenvalue weighted by Gasteiger charge is -2.35. The van der Waals surface area contributed by atoms with E-state index in [4.69, 9.17) is 0 Å². The van der Waals surface area contributed by atoms with Gasteiger partial charge in [0.25, 0.3) is 0 Å². The van der Waals surface area contributed by atoms with E-state index in [1.54, 1.807) is 0 Å². The van der Waals surface area contributed by atoms with Crippen molar-refractivity contribution in [2.24, 2.45) is 0 Å². The van der Waals surface area contributed by atoms with Crippen LogP contribution in [0.25, 0.3) is 0 Å². The molecule has 1 heterocycles. The molecular formula is C17H26N2O2. The van der Waals surface area contributed by atoms with E-state index in [0.717, 1.165) is 31.7 Å². The SMILES string of the molecule is CCC(=O)N1CCN(CC(O)c2cc(C)cc(C)c2)CC1. The molecule has 1 atom stereocenters. The molecule has 2 rings (SSSR count). The summed E-state index contributed by atoms with van der Waals surface area (Å²) in [6.07, 6.45) is 0.114. The van der Waals surface area contributed by atoms with Crippen LogP contribution in [0.1, 0.15) is 36.1 Å². The molecule has 1 aromatic carbocycles. The molecule has 0 radical (unpaired) electrons. The van der Waals surface area contributed by atoms with Crippen LogP contribution in [-0.2, 0) is 4.79 Å². The van der Waals surface area contributed by atoms with Gasteiger partial charge in [-0.3, -0.25) is 9.69 Å². The summed E-state index contributed by atoms with van der Waals surface area (Å²) in [5.74, 6) is 0.226. The number of piperazine rings is 1. The Bertz CT molecular complexity index is 473. The first-order valence-electron chi connectivity index (χ1n) is 7.76. The van der Waals surface area contributed by atoms with Crippen LogP contribution >= 0.6 is 0 Å². The first kappa shape index (κ1) is 16.0. The van der Waals surface area contributed by atoms with E-state index in [-0.39, 0.29) is 5.91 Å². The third kappa shape index (κ3) is 4.29. The quantitative estimate of drug-likeness (QED) is 0.921. The highest BCUT2D eigenvalue weighted by molar-refractivity contribution is 5.75. The van der Waals surface area contributed by atoms with Crippen molar-refractivity contribution in [2.75, 3.05) is 32.7 Å². The monoisotopic (exact) mass is 290 g/mol. The largest absolute Gasteiger partial charge is 0.387 e. The Hall–Kier alpha value is -1.39. The van der Waals surface area contributed by atoms with Crippen LogP contribution in [0.3, 0.4) is 0 Å². The van der Waals surface area contributed by atoms with Crippen molar-refractivity contribution in [1.29, 1.82) is 0 Å². The molecule has 0 saturated carbocycles. The Kier molecular flexibility index (Phi) is 5.37. The number of aryl methyl sites for hydroxylation is 2. The highest BCUT2D eigenvalue weighted by Crippen LogP contribution is 2.18. The second kappa shape index (κ2) is 7.05. The zero-order valence-corrected chi connectivity index (χ0v) is 13.3. The molecule has 116 valence electrons. The lowest BCUT2D eigenvalue weighted by molar-refractivity contribution is -0.132. The van der Waals surface area contributed by atoms with Crippen molar-refractivity contribution in [2.45, 2.75) is 33.3 Å². The van der Waals surface area contributed by atoms with Crippen LogP contribution in [0.15, 0.2) is 18.2 Å². The number of carbonyl (C=O) groups is 1. The van der Waals surface area contributed by atoms with Gasteiger partial charge in [-0.25, -0.2) is 0 Å². The lowest BCUT2D eigenvalue weighted by atomic mass is 10.0. The summed E-state index contributed by atoms with van der Waals surface area (Å²) in [4.78, 5) is 15.8. The number of aliphatic hydroxyl groups excluding tert-OH is 1. The first-order chi connectivity index (χ1) is 9.99. The number of nitrogens with zero attached hydrogens (tertiary/aromatic N) is 2. The number of hydrogen-bond acceptors (Lipinski definition) is 3. The van der Waals surface area contributed by atoms with Gasteiger partial charge in [0.1, 0.15) is 0 Å². The minimum Gasteiger partial charge on any atom is -0.387 e. The minimum atomic E-state index is -0.461. The van der Waals surface area contributed by atoms with Gasteiger partial charge < -0.3 is 10.0 Å². The maximum Gasteiger partial charge on any atom is 0.222 e. The Morgan fingerprint density at radius 1 is 1.14 bits per heavy atom. The van der Waals surface area contributed by atoms with E-state index < -0.39 is 6.10 Å². The summed E-state index contributed by atoms with van der Waals surface area (Å²) in [6.45, 7) is 9.87. The fourth-order valence-corrected chi connectivity index (χ4v) is 2.96. The van der Waals surface area contributed by atoms with Crippen molar-refractivity contribution in [3.63, 3.8) is 0 Å². The summed E-state index contributed by atoms with van der Waals surface area (Å²) in [6, 6.07) is 6.22. The molecule has 1 fully saturated rings. The molecule has 21 heavy (non-hydrogen) atoms. The second-order valence-electron chi connectivity index (χ2n) is 5.97. The van der Waals surface area contributed by atoms with Crippen molar-refractivity contribution >= 4 is 5.91 Å². The molecule has 0 aliphatic carbocycles. The van der Waals surface area contributed by atoms with E-state index in [1.165, 1.54) is 11.1 Å². The van der Waals surface area contributed by atoms with Crippen molar-refractivity contribution < 1.29 is 9.90 Å². The smallest absolute Gasteiger partial charge is 0.222 e. The maximum atomic E-state index is 11.7. The van der Waals surface area contributed by atoms with Gasteiger partial charge in [0.15, 0.2) is 0 Å². The normalized spacial score (nSPS) is 17.8. The van der Waals surface area contributed by atoms with E-state index in [2.05, 4.69) is 36.9 Å². The topological polar surface area (TPSA) is 43.8 Å². The lowest BCUT2D eigenvalue weighted by Crippen LogP contribution is -2.49. The predicted octanol–water partition coefficient (Wildman–Crippen LogP) is 1.89. The summed E-state index contributed by atoms with van der Waals surface area (Å²) in [5.41, 5.74) is 3.35. The molecule has 1 amide bonds. The fraction of sp³-hybridized carbons (Fsp3) is 0.588. The van der Waals surface area contributed by atoms with Crippen LogP contribution in [0.5, 0.6) is 0 Å². The van der Waals surface area contributed by atoms with E-state index in [0.29, 0.717) is 13.0 Å². The minimum absolute atomic E-state index is 0.226. The molecule has 0 bridgehead atoms. The van der Waals surface area contributed by atoms with Gasteiger partial charge in [-0.05, 0) is 19.4 Å². The summed E-state index contributed by atoms with van der Waals surface area (Å²) >= 11 is 0. The van der Waals surface area contributed by atoms with Crippen LogP contribution in [0, 0.1) is 13.8 Å². The summed E-state index contributed by atoms with van der Waals surface area (Å²) < 4.78 is 0. The maximum absolute atomic E-state index is 11.7. The Balaban J connectivity index is 1.89. The highest BCUT2D eigenvalue weighted by atomic mass is 16.3. The van der Waals surface area contributed by atoms with E-state index in [1.807, 2.05) is 11.8 Å². The average molecular weight is 290 g/mol. The van der Waals surface area contributed by atoms with Gasteiger partial charge in [0, 0.05) is 39.1 Å². The Morgan fingerprint density at radius 3 is 2.24 bits per heavy atom. The Morgan fingerprint density at radius 2 is 1.71 bits per heavy atom. The third-order valence-corrected chi connectivity index (χ3v) is 4.09. The first-order valence-corrected chi connectivity index (χ1v) is 7.76. The van der Waals surface area contributed by atoms with Crippen LogP contribution in [-0.4, -0.2) is 53.5 Å².